The third-order valence-electron chi connectivity index (χ3n) is 1.75. The van der Waals surface area contributed by atoms with Crippen molar-refractivity contribution in [3.63, 3.8) is 0 Å². The van der Waals surface area contributed by atoms with Crippen LogP contribution in [0.3, 0.4) is 0 Å². The van der Waals surface area contributed by atoms with Crippen LogP contribution >= 0.6 is 11.3 Å². The third kappa shape index (κ3) is 1.79. The molecule has 0 saturated carbocycles. The van der Waals surface area contributed by atoms with Gasteiger partial charge in [0.2, 0.25) is 0 Å². The number of nitrogens with zero attached hydrogens (tertiary/aromatic N) is 1. The van der Waals surface area contributed by atoms with Crippen molar-refractivity contribution in [3.8, 4) is 10.7 Å². The Labute approximate surface area is 80.8 Å². The fourth-order valence-electron chi connectivity index (χ4n) is 1.18. The van der Waals surface area contributed by atoms with Crippen molar-refractivity contribution in [1.29, 1.82) is 0 Å². The number of rotatable bonds is 3. The van der Waals surface area contributed by atoms with Gasteiger partial charge in [-0.1, -0.05) is 6.07 Å². The van der Waals surface area contributed by atoms with E-state index in [9.17, 15) is 0 Å². The summed E-state index contributed by atoms with van der Waals surface area (Å²) in [5.74, 6) is 0.959. The molecule has 2 aromatic heterocycles. The van der Waals surface area contributed by atoms with E-state index in [0.717, 1.165) is 18.1 Å². The zero-order valence-electron chi connectivity index (χ0n) is 7.37. The lowest BCUT2D eigenvalue weighted by Gasteiger charge is -1.92. The smallest absolute Gasteiger partial charge is 0.147 e. The first-order valence-electron chi connectivity index (χ1n) is 4.12. The molecule has 2 aromatic rings. The fraction of sp³-hybridized carbons (Fsp3) is 0.222. The Morgan fingerprint density at radius 2 is 2.54 bits per heavy atom. The summed E-state index contributed by atoms with van der Waals surface area (Å²) in [5.41, 5.74) is 1.12. The van der Waals surface area contributed by atoms with Crippen molar-refractivity contribution in [2.45, 2.75) is 6.54 Å². The van der Waals surface area contributed by atoms with E-state index in [1.165, 1.54) is 4.88 Å². The quantitative estimate of drug-likeness (QED) is 0.781. The van der Waals surface area contributed by atoms with Crippen molar-refractivity contribution in [3.05, 3.63) is 29.4 Å². The van der Waals surface area contributed by atoms with Crippen molar-refractivity contribution in [1.82, 2.24) is 15.3 Å². The van der Waals surface area contributed by atoms with Crippen LogP contribution in [0, 0.1) is 0 Å². The lowest BCUT2D eigenvalue weighted by Crippen LogP contribution is -2.04. The van der Waals surface area contributed by atoms with Crippen molar-refractivity contribution < 1.29 is 0 Å². The van der Waals surface area contributed by atoms with Crippen LogP contribution in [0.5, 0.6) is 0 Å². The van der Waals surface area contributed by atoms with E-state index in [2.05, 4.69) is 26.7 Å². The summed E-state index contributed by atoms with van der Waals surface area (Å²) in [6, 6.07) is 4.09. The van der Waals surface area contributed by atoms with Gasteiger partial charge in [-0.05, 0) is 18.5 Å². The van der Waals surface area contributed by atoms with E-state index in [1.807, 2.05) is 19.3 Å². The molecule has 0 bridgehead atoms. The number of imidazole rings is 1. The van der Waals surface area contributed by atoms with Crippen LogP contribution in [-0.4, -0.2) is 17.0 Å². The van der Waals surface area contributed by atoms with E-state index in [4.69, 9.17) is 0 Å². The Kier molecular flexibility index (Phi) is 2.42. The van der Waals surface area contributed by atoms with Gasteiger partial charge in [-0.2, -0.15) is 0 Å². The predicted molar refractivity (Wildman–Crippen MR) is 54.7 cm³/mol. The minimum atomic E-state index is 0.832. The lowest BCUT2D eigenvalue weighted by molar-refractivity contribution is 0.797. The molecule has 2 rings (SSSR count). The van der Waals surface area contributed by atoms with Gasteiger partial charge >= 0.3 is 0 Å². The number of thiophene rings is 1. The van der Waals surface area contributed by atoms with Crippen LogP contribution in [0.2, 0.25) is 0 Å². The van der Waals surface area contributed by atoms with E-state index in [-0.39, 0.29) is 0 Å². The molecule has 0 amide bonds. The van der Waals surface area contributed by atoms with Crippen molar-refractivity contribution >= 4 is 11.3 Å². The monoisotopic (exact) mass is 193 g/mol. The molecule has 0 radical (unpaired) electrons. The molecule has 0 saturated heterocycles. The number of hydrogen-bond acceptors (Lipinski definition) is 3. The first kappa shape index (κ1) is 8.47. The minimum absolute atomic E-state index is 0.832. The molecule has 2 N–H and O–H groups in total. The van der Waals surface area contributed by atoms with Gasteiger partial charge in [0.05, 0.1) is 4.88 Å². The van der Waals surface area contributed by atoms with Crippen LogP contribution in [-0.2, 0) is 6.54 Å². The van der Waals surface area contributed by atoms with E-state index in [0.29, 0.717) is 0 Å². The number of aromatic nitrogens is 2. The third-order valence-corrected chi connectivity index (χ3v) is 2.63. The van der Waals surface area contributed by atoms with Gasteiger partial charge in [0.15, 0.2) is 0 Å². The lowest BCUT2D eigenvalue weighted by atomic mass is 10.4. The molecule has 68 valence electrons. The van der Waals surface area contributed by atoms with Gasteiger partial charge in [-0.15, -0.1) is 11.3 Å². The summed E-state index contributed by atoms with van der Waals surface area (Å²) in [6.07, 6.45) is 1.87. The fourth-order valence-corrected chi connectivity index (χ4v) is 1.85. The molecule has 0 aliphatic rings. The van der Waals surface area contributed by atoms with Gasteiger partial charge in [0, 0.05) is 18.4 Å². The summed E-state index contributed by atoms with van der Waals surface area (Å²) in [7, 11) is 1.92. The second-order valence-corrected chi connectivity index (χ2v) is 3.71. The highest BCUT2D eigenvalue weighted by molar-refractivity contribution is 7.13. The van der Waals surface area contributed by atoms with Gasteiger partial charge in [-0.3, -0.25) is 0 Å². The Morgan fingerprint density at radius 3 is 3.23 bits per heavy atom. The first-order chi connectivity index (χ1) is 6.40. The van der Waals surface area contributed by atoms with E-state index < -0.39 is 0 Å². The van der Waals surface area contributed by atoms with Gasteiger partial charge < -0.3 is 10.3 Å². The van der Waals surface area contributed by atoms with Gasteiger partial charge in [0.1, 0.15) is 5.82 Å². The second kappa shape index (κ2) is 3.72. The normalized spacial score (nSPS) is 10.5. The molecule has 0 unspecified atom stereocenters. The van der Waals surface area contributed by atoms with Gasteiger partial charge in [0.25, 0.3) is 0 Å². The van der Waals surface area contributed by atoms with Gasteiger partial charge in [-0.25, -0.2) is 4.98 Å². The minimum Gasteiger partial charge on any atom is -0.340 e. The molecule has 4 heteroatoms. The highest BCUT2D eigenvalue weighted by Gasteiger charge is 2.02. The number of aromatic amines is 1. The zero-order valence-corrected chi connectivity index (χ0v) is 8.19. The average molecular weight is 193 g/mol. The molecular weight excluding hydrogens is 182 g/mol. The van der Waals surface area contributed by atoms with Crippen LogP contribution in [0.1, 0.15) is 5.69 Å². The van der Waals surface area contributed by atoms with Crippen molar-refractivity contribution in [2.75, 3.05) is 7.05 Å². The van der Waals surface area contributed by atoms with E-state index in [1.54, 1.807) is 11.3 Å². The number of nitrogens with one attached hydrogen (secondary N) is 2. The molecule has 0 fully saturated rings. The average Bonchev–Trinajstić information content (AvgIpc) is 2.70. The Bertz CT molecular complexity index is 364. The number of H-pyrrole nitrogens is 1. The summed E-state index contributed by atoms with van der Waals surface area (Å²) in [6.45, 7) is 0.832. The molecule has 0 aliphatic carbocycles. The van der Waals surface area contributed by atoms with Crippen LogP contribution in [0.15, 0.2) is 23.7 Å². The molecule has 13 heavy (non-hydrogen) atoms. The highest BCUT2D eigenvalue weighted by Crippen LogP contribution is 2.20. The van der Waals surface area contributed by atoms with Crippen LogP contribution in [0.4, 0.5) is 0 Å². The molecular formula is C9H11N3S. The van der Waals surface area contributed by atoms with Crippen LogP contribution in [0.25, 0.3) is 10.7 Å². The van der Waals surface area contributed by atoms with Crippen LogP contribution < -0.4 is 5.32 Å². The molecule has 0 aliphatic heterocycles. The molecule has 0 aromatic carbocycles. The Morgan fingerprint density at radius 1 is 1.62 bits per heavy atom. The Balaban J connectivity index is 2.23. The second-order valence-electron chi connectivity index (χ2n) is 2.76. The summed E-state index contributed by atoms with van der Waals surface area (Å²) in [4.78, 5) is 8.73. The number of hydrogen-bond donors (Lipinski definition) is 2. The summed E-state index contributed by atoms with van der Waals surface area (Å²) < 4.78 is 0. The SMILES string of the molecule is CNCc1cnc(-c2cccs2)[nH]1. The first-order valence-corrected chi connectivity index (χ1v) is 5.00. The maximum atomic E-state index is 4.29. The zero-order chi connectivity index (χ0) is 9.10. The summed E-state index contributed by atoms with van der Waals surface area (Å²) in [5, 5.41) is 5.13. The maximum absolute atomic E-state index is 4.29. The van der Waals surface area contributed by atoms with E-state index >= 15 is 0 Å². The standard InChI is InChI=1S/C9H11N3S/c1-10-5-7-6-11-9(12-7)8-3-2-4-13-8/h2-4,6,10H,5H2,1H3,(H,11,12). The topological polar surface area (TPSA) is 40.7 Å². The largest absolute Gasteiger partial charge is 0.340 e. The molecule has 3 nitrogen and oxygen atoms in total. The molecule has 2 heterocycles. The predicted octanol–water partition coefficient (Wildman–Crippen LogP) is 1.86. The molecule has 0 spiro atoms. The van der Waals surface area contributed by atoms with Crippen molar-refractivity contribution in [2.24, 2.45) is 0 Å². The summed E-state index contributed by atoms with van der Waals surface area (Å²) >= 11 is 1.69. The molecule has 0 atom stereocenters. The highest BCUT2D eigenvalue weighted by atomic mass is 32.1. The maximum Gasteiger partial charge on any atom is 0.147 e. The Hall–Kier alpha value is -1.13.